The molecule has 0 saturated carbocycles. The number of carbonyl (C=O) groups excluding carboxylic acids is 2. The Hall–Kier alpha value is -1.53. The van der Waals surface area contributed by atoms with E-state index in [0.717, 1.165) is 22.4 Å². The molecule has 0 heterocycles. The van der Waals surface area contributed by atoms with Crippen molar-refractivity contribution in [2.75, 3.05) is 0 Å². The predicted molar refractivity (Wildman–Crippen MR) is 91.3 cm³/mol. The number of aliphatic carboxylic acids is 2. The topological polar surface area (TPSA) is 80.3 Å². The van der Waals surface area contributed by atoms with Gasteiger partial charge >= 0.3 is 20.4 Å². The molecule has 0 aliphatic carbocycles. The monoisotopic (exact) mass is 438 g/mol. The molecule has 0 aliphatic rings. The molecular weight excluding hydrogens is 418 g/mol. The largest absolute Gasteiger partial charge is 2.00 e. The average molecular weight is 439 g/mol. The van der Waals surface area contributed by atoms with Gasteiger partial charge in [-0.15, -0.1) is 0 Å². The van der Waals surface area contributed by atoms with Crippen molar-refractivity contribution in [2.45, 2.75) is 27.7 Å². The van der Waals surface area contributed by atoms with Crippen molar-refractivity contribution in [1.82, 2.24) is 0 Å². The van der Waals surface area contributed by atoms with Crippen LogP contribution in [0.4, 0.5) is 0 Å². The number of rotatable bonds is 2. The molecule has 2 aromatic rings. The molecule has 0 spiro atoms. The van der Waals surface area contributed by atoms with E-state index in [2.05, 4.69) is 62.4 Å². The molecule has 4 nitrogen and oxygen atoms in total. The van der Waals surface area contributed by atoms with Gasteiger partial charge in [0.2, 0.25) is 0 Å². The summed E-state index contributed by atoms with van der Waals surface area (Å²) in [6.07, 6.45) is 0. The van der Waals surface area contributed by atoms with Crippen molar-refractivity contribution in [3.8, 4) is 0 Å². The van der Waals surface area contributed by atoms with Gasteiger partial charge in [0.05, 0.1) is 0 Å². The summed E-state index contributed by atoms with van der Waals surface area (Å²) >= 11 is 0. The summed E-state index contributed by atoms with van der Waals surface area (Å²) < 4.78 is 0. The molecule has 2 aromatic carbocycles. The van der Waals surface area contributed by atoms with Crippen LogP contribution in [0.1, 0.15) is 25.0 Å². The molecule has 0 aromatic heterocycles. The van der Waals surface area contributed by atoms with E-state index in [-0.39, 0.29) is 20.4 Å². The molecule has 132 valence electrons. The molecule has 6 heteroatoms. The summed E-state index contributed by atoms with van der Waals surface area (Å²) in [6, 6.07) is 17.2. The van der Waals surface area contributed by atoms with Crippen molar-refractivity contribution in [3.63, 3.8) is 0 Å². The van der Waals surface area contributed by atoms with Crippen molar-refractivity contribution in [3.05, 3.63) is 59.7 Å². The summed E-state index contributed by atoms with van der Waals surface area (Å²) in [4.78, 5) is 17.8. The average Bonchev–Trinajstić information content (AvgIpc) is 2.42. The SMILES string of the molecule is CC(=O)[O-].CC(=O)[O-].Cc1ccccc1Pc1ccccc1C.[Pd+2]. The van der Waals surface area contributed by atoms with Crippen LogP contribution in [0.2, 0.25) is 0 Å². The number of carbonyl (C=O) groups is 2. The maximum atomic E-state index is 8.89. The van der Waals surface area contributed by atoms with E-state index in [4.69, 9.17) is 19.8 Å². The normalized spacial score (nSPS) is 8.50. The van der Waals surface area contributed by atoms with E-state index in [9.17, 15) is 0 Å². The number of carboxylic acids is 2. The summed E-state index contributed by atoms with van der Waals surface area (Å²) in [5, 5.41) is 20.7. The first-order chi connectivity index (χ1) is 10.7. The van der Waals surface area contributed by atoms with E-state index in [1.165, 1.54) is 21.7 Å². The number of hydrogen-bond acceptors (Lipinski definition) is 4. The van der Waals surface area contributed by atoms with Gasteiger partial charge in [0, 0.05) is 11.9 Å². The van der Waals surface area contributed by atoms with Crippen molar-refractivity contribution >= 4 is 31.1 Å². The Morgan fingerprint density at radius 1 is 0.750 bits per heavy atom. The molecule has 0 unspecified atom stereocenters. The zero-order valence-electron chi connectivity index (χ0n) is 14.1. The third-order valence-corrected chi connectivity index (χ3v) is 4.22. The molecule has 0 saturated heterocycles. The maximum absolute atomic E-state index is 8.89. The van der Waals surface area contributed by atoms with Gasteiger partial charge in [-0.3, -0.25) is 0 Å². The number of aryl methyl sites for hydroxylation is 2. The summed E-state index contributed by atoms with van der Waals surface area (Å²) in [5.74, 6) is -2.17. The Kier molecular flexibility index (Phi) is 14.3. The fourth-order valence-corrected chi connectivity index (χ4v) is 2.78. The van der Waals surface area contributed by atoms with Gasteiger partial charge in [0.1, 0.15) is 0 Å². The Bertz CT molecular complexity index is 581. The second-order valence-electron chi connectivity index (χ2n) is 4.74. The van der Waals surface area contributed by atoms with E-state index in [1.54, 1.807) is 0 Å². The third kappa shape index (κ3) is 13.0. The van der Waals surface area contributed by atoms with Crippen molar-refractivity contribution in [2.24, 2.45) is 0 Å². The molecule has 0 aliphatic heterocycles. The molecule has 24 heavy (non-hydrogen) atoms. The summed E-state index contributed by atoms with van der Waals surface area (Å²) in [5.41, 5.74) is 2.78. The van der Waals surface area contributed by atoms with Crippen LogP contribution in [-0.4, -0.2) is 11.9 Å². The van der Waals surface area contributed by atoms with Crippen LogP contribution in [0.15, 0.2) is 48.5 Å². The molecule has 0 fully saturated rings. The van der Waals surface area contributed by atoms with E-state index in [0.29, 0.717) is 0 Å². The van der Waals surface area contributed by atoms with Gasteiger partial charge in [-0.25, -0.2) is 0 Å². The van der Waals surface area contributed by atoms with Gasteiger partial charge in [-0.05, 0) is 49.4 Å². The van der Waals surface area contributed by atoms with Crippen LogP contribution in [-0.2, 0) is 30.0 Å². The van der Waals surface area contributed by atoms with Crippen LogP contribution >= 0.6 is 8.58 Å². The number of benzene rings is 2. The first-order valence-electron chi connectivity index (χ1n) is 6.97. The van der Waals surface area contributed by atoms with Gasteiger partial charge in [0.15, 0.2) is 0 Å². The minimum absolute atomic E-state index is 0. The Labute approximate surface area is 158 Å². The summed E-state index contributed by atoms with van der Waals surface area (Å²) in [6.45, 7) is 6.31. The minimum atomic E-state index is -1.08. The molecular formula is C18H21O4PPd. The van der Waals surface area contributed by atoms with E-state index < -0.39 is 11.9 Å². The molecule has 0 atom stereocenters. The van der Waals surface area contributed by atoms with Crippen LogP contribution in [0.5, 0.6) is 0 Å². The Morgan fingerprint density at radius 3 is 1.25 bits per heavy atom. The quantitative estimate of drug-likeness (QED) is 0.503. The fraction of sp³-hybridized carbons (Fsp3) is 0.222. The third-order valence-electron chi connectivity index (χ3n) is 2.56. The van der Waals surface area contributed by atoms with Gasteiger partial charge in [-0.2, -0.15) is 0 Å². The van der Waals surface area contributed by atoms with E-state index >= 15 is 0 Å². The molecule has 0 N–H and O–H groups in total. The smallest absolute Gasteiger partial charge is 0.550 e. The van der Waals surface area contributed by atoms with Crippen LogP contribution < -0.4 is 20.8 Å². The number of carboxylic acid groups (broad SMARTS) is 2. The van der Waals surface area contributed by atoms with Gasteiger partial charge in [0.25, 0.3) is 0 Å². The second-order valence-corrected chi connectivity index (χ2v) is 6.07. The van der Waals surface area contributed by atoms with Crippen LogP contribution in [0.3, 0.4) is 0 Å². The first kappa shape index (κ1) is 24.7. The van der Waals surface area contributed by atoms with Crippen LogP contribution in [0, 0.1) is 13.8 Å². The standard InChI is InChI=1S/C14H15P.2C2H4O2.Pd/c1-11-7-3-5-9-13(11)15-14-10-6-4-8-12(14)2;2*1-2(3)4;/h3-10,15H,1-2H3;2*1H3,(H,3,4);/q;;;+2/p-2. The van der Waals surface area contributed by atoms with Crippen molar-refractivity contribution < 1.29 is 40.2 Å². The minimum Gasteiger partial charge on any atom is -0.550 e. The second kappa shape index (κ2) is 13.9. The maximum Gasteiger partial charge on any atom is 2.00 e. The molecule has 0 amide bonds. The van der Waals surface area contributed by atoms with Crippen molar-refractivity contribution in [1.29, 1.82) is 0 Å². The Morgan fingerprint density at radius 2 is 1.00 bits per heavy atom. The molecule has 2 rings (SSSR count). The molecule has 0 radical (unpaired) electrons. The van der Waals surface area contributed by atoms with Crippen LogP contribution in [0.25, 0.3) is 0 Å². The predicted octanol–water partition coefficient (Wildman–Crippen LogP) is 0.443. The first-order valence-corrected chi connectivity index (χ1v) is 7.97. The van der Waals surface area contributed by atoms with Gasteiger partial charge < -0.3 is 19.8 Å². The zero-order valence-corrected chi connectivity index (χ0v) is 16.6. The van der Waals surface area contributed by atoms with E-state index in [1.807, 2.05) is 0 Å². The number of hydrogen-bond donors (Lipinski definition) is 0. The molecule has 0 bridgehead atoms. The Balaban J connectivity index is 0. The van der Waals surface area contributed by atoms with Gasteiger partial charge in [-0.1, -0.05) is 57.1 Å². The zero-order chi connectivity index (χ0) is 17.8. The fourth-order valence-electron chi connectivity index (χ4n) is 1.57. The summed E-state index contributed by atoms with van der Waals surface area (Å²) in [7, 11) is 0.774.